The van der Waals surface area contributed by atoms with Gasteiger partial charge in [-0.25, -0.2) is 4.79 Å². The van der Waals surface area contributed by atoms with E-state index in [0.29, 0.717) is 5.46 Å². The summed E-state index contributed by atoms with van der Waals surface area (Å²) in [6, 6.07) is 16.5. The van der Waals surface area contributed by atoms with Crippen LogP contribution in [-0.2, 0) is 11.3 Å². The Bertz CT molecular complexity index is 1370. The zero-order valence-electron chi connectivity index (χ0n) is 22.4. The number of hydrogen-bond donors (Lipinski definition) is 3. The summed E-state index contributed by atoms with van der Waals surface area (Å²) < 4.78 is 5.69. The number of fused-ring (bicyclic) bond motifs is 3. The summed E-state index contributed by atoms with van der Waals surface area (Å²) in [5.74, 6) is 3.28. The van der Waals surface area contributed by atoms with Crippen molar-refractivity contribution in [2.75, 3.05) is 6.61 Å². The van der Waals surface area contributed by atoms with Gasteiger partial charge in [0.2, 0.25) is 0 Å². The average Bonchev–Trinajstić information content (AvgIpc) is 3.15. The molecule has 4 rings (SSSR count). The number of carbonyl (C=O) groups is 1. The van der Waals surface area contributed by atoms with E-state index in [4.69, 9.17) is 4.74 Å². The molecule has 0 fully saturated rings. The largest absolute Gasteiger partial charge is 0.489 e. The first-order chi connectivity index (χ1) is 17.5. The first kappa shape index (κ1) is 26.7. The lowest BCUT2D eigenvalue weighted by Gasteiger charge is -2.21. The quantitative estimate of drug-likeness (QED) is 0.347. The normalized spacial score (nSPS) is 12.3. The van der Waals surface area contributed by atoms with Crippen molar-refractivity contribution in [1.82, 2.24) is 5.32 Å². The third-order valence-corrected chi connectivity index (χ3v) is 7.91. The van der Waals surface area contributed by atoms with Gasteiger partial charge < -0.3 is 20.1 Å². The van der Waals surface area contributed by atoms with Crippen LogP contribution >= 0.6 is 0 Å². The summed E-state index contributed by atoms with van der Waals surface area (Å²) in [5, 5.41) is 23.1. The molecule has 0 bridgehead atoms. The van der Waals surface area contributed by atoms with Crippen molar-refractivity contribution < 1.29 is 19.6 Å². The second kappa shape index (κ2) is 10.6. The lowest BCUT2D eigenvalue weighted by molar-refractivity contribution is 0.142. The van der Waals surface area contributed by atoms with Crippen molar-refractivity contribution in [3.63, 3.8) is 0 Å². The first-order valence-electron chi connectivity index (χ1n) is 12.6. The van der Waals surface area contributed by atoms with Crippen molar-refractivity contribution in [3.8, 4) is 22.6 Å². The van der Waals surface area contributed by atoms with E-state index in [2.05, 4.69) is 60.7 Å². The van der Waals surface area contributed by atoms with Gasteiger partial charge in [0.15, 0.2) is 0 Å². The van der Waals surface area contributed by atoms with Gasteiger partial charge in [-0.15, -0.1) is 5.54 Å². The van der Waals surface area contributed by atoms with E-state index in [1.165, 1.54) is 11.1 Å². The molecule has 0 saturated heterocycles. The van der Waals surface area contributed by atoms with E-state index in [1.807, 2.05) is 45.0 Å². The molecule has 3 aromatic carbocycles. The minimum atomic E-state index is -1.65. The Morgan fingerprint density at radius 2 is 1.51 bits per heavy atom. The molecule has 1 amide bonds. The summed E-state index contributed by atoms with van der Waals surface area (Å²) in [6.45, 7) is 12.6. The standard InChI is InChI=1S/C30H34BNO4Si/c1-19-22(15-16-37(4,5)6)20(2)29(31(34)35)21(3)27(19)17-32-30(33)36-18-28-25-13-9-7-11-23(25)24-12-8-10-14-26(24)28/h7-14,28,34-35H,17-18H2,1-6H3,(H,32,33). The van der Waals surface area contributed by atoms with Crippen LogP contribution in [0.2, 0.25) is 19.6 Å². The summed E-state index contributed by atoms with van der Waals surface area (Å²) in [4.78, 5) is 12.8. The number of ether oxygens (including phenoxy) is 1. The molecule has 0 atom stereocenters. The van der Waals surface area contributed by atoms with Gasteiger partial charge in [-0.2, -0.15) is 0 Å². The highest BCUT2D eigenvalue weighted by atomic mass is 28.3. The fraction of sp³-hybridized carbons (Fsp3) is 0.300. The van der Waals surface area contributed by atoms with E-state index >= 15 is 0 Å². The molecule has 37 heavy (non-hydrogen) atoms. The maximum absolute atomic E-state index is 12.8. The molecule has 1 aliphatic carbocycles. The van der Waals surface area contributed by atoms with Crippen LogP contribution in [0.1, 0.15) is 44.9 Å². The Kier molecular flexibility index (Phi) is 7.65. The summed E-state index contributed by atoms with van der Waals surface area (Å²) in [7, 11) is -3.27. The van der Waals surface area contributed by atoms with Crippen LogP contribution < -0.4 is 10.8 Å². The summed E-state index contributed by atoms with van der Waals surface area (Å²) in [6.07, 6.45) is -0.512. The first-order valence-corrected chi connectivity index (χ1v) is 16.1. The Morgan fingerprint density at radius 3 is 2.05 bits per heavy atom. The molecule has 3 N–H and O–H groups in total. The number of benzene rings is 3. The molecule has 0 aliphatic heterocycles. The van der Waals surface area contributed by atoms with Gasteiger partial charge in [0.25, 0.3) is 0 Å². The van der Waals surface area contributed by atoms with Gasteiger partial charge in [-0.1, -0.05) is 74.1 Å². The van der Waals surface area contributed by atoms with Gasteiger partial charge in [0.1, 0.15) is 14.7 Å². The molecule has 0 aromatic heterocycles. The molecule has 0 saturated carbocycles. The lowest BCUT2D eigenvalue weighted by Crippen LogP contribution is -2.37. The van der Waals surface area contributed by atoms with Crippen LogP contribution in [-0.4, -0.2) is 37.9 Å². The van der Waals surface area contributed by atoms with Crippen LogP contribution in [0.15, 0.2) is 48.5 Å². The van der Waals surface area contributed by atoms with Gasteiger partial charge in [-0.05, 0) is 70.7 Å². The molecule has 0 radical (unpaired) electrons. The number of amides is 1. The van der Waals surface area contributed by atoms with Crippen LogP contribution in [0, 0.1) is 32.2 Å². The Hall–Kier alpha value is -3.31. The molecule has 7 heteroatoms. The fourth-order valence-electron chi connectivity index (χ4n) is 5.19. The fourth-order valence-corrected chi connectivity index (χ4v) is 5.69. The molecule has 0 spiro atoms. The minimum absolute atomic E-state index is 0.0134. The van der Waals surface area contributed by atoms with Gasteiger partial charge in [0.05, 0.1) is 0 Å². The number of rotatable bonds is 5. The van der Waals surface area contributed by atoms with E-state index in [0.717, 1.165) is 38.9 Å². The third kappa shape index (κ3) is 5.52. The molecular formula is C30H34BNO4Si. The van der Waals surface area contributed by atoms with E-state index in [9.17, 15) is 14.8 Å². The maximum Gasteiger partial charge on any atom is 0.489 e. The minimum Gasteiger partial charge on any atom is -0.449 e. The predicted octanol–water partition coefficient (Wildman–Crippen LogP) is 4.56. The Balaban J connectivity index is 1.53. The Labute approximate surface area is 221 Å². The number of nitrogens with one attached hydrogen (secondary N) is 1. The molecule has 0 unspecified atom stereocenters. The highest BCUT2D eigenvalue weighted by Crippen LogP contribution is 2.44. The second-order valence-corrected chi connectivity index (χ2v) is 15.4. The highest BCUT2D eigenvalue weighted by molar-refractivity contribution is 6.83. The van der Waals surface area contributed by atoms with Gasteiger partial charge in [-0.3, -0.25) is 0 Å². The number of hydrogen-bond acceptors (Lipinski definition) is 4. The average molecular weight is 512 g/mol. The molecule has 190 valence electrons. The highest BCUT2D eigenvalue weighted by Gasteiger charge is 2.29. The predicted molar refractivity (Wildman–Crippen MR) is 153 cm³/mol. The summed E-state index contributed by atoms with van der Waals surface area (Å²) in [5.41, 5.74) is 12.6. The van der Waals surface area contributed by atoms with Gasteiger partial charge >= 0.3 is 13.2 Å². The van der Waals surface area contributed by atoms with Crippen LogP contribution in [0.5, 0.6) is 0 Å². The van der Waals surface area contributed by atoms with Crippen LogP contribution in [0.4, 0.5) is 4.79 Å². The van der Waals surface area contributed by atoms with Gasteiger partial charge in [0, 0.05) is 18.0 Å². The van der Waals surface area contributed by atoms with Crippen LogP contribution in [0.25, 0.3) is 11.1 Å². The summed E-state index contributed by atoms with van der Waals surface area (Å²) >= 11 is 0. The van der Waals surface area contributed by atoms with Crippen molar-refractivity contribution in [3.05, 3.63) is 87.5 Å². The van der Waals surface area contributed by atoms with Crippen molar-refractivity contribution >= 4 is 26.7 Å². The topological polar surface area (TPSA) is 78.8 Å². The zero-order chi connectivity index (χ0) is 26.9. The third-order valence-electron chi connectivity index (χ3n) is 7.04. The van der Waals surface area contributed by atoms with Crippen molar-refractivity contribution in [2.45, 2.75) is 52.9 Å². The lowest BCUT2D eigenvalue weighted by atomic mass is 9.70. The maximum atomic E-state index is 12.8. The molecule has 5 nitrogen and oxygen atoms in total. The zero-order valence-corrected chi connectivity index (χ0v) is 23.4. The van der Waals surface area contributed by atoms with Crippen molar-refractivity contribution in [2.24, 2.45) is 0 Å². The van der Waals surface area contributed by atoms with Crippen LogP contribution in [0.3, 0.4) is 0 Å². The SMILES string of the molecule is Cc1c(C#C[Si](C)(C)C)c(C)c(B(O)O)c(C)c1CNC(=O)OCC1c2ccccc2-c2ccccc21. The number of alkyl carbamates (subject to hydrolysis) is 1. The van der Waals surface area contributed by atoms with E-state index in [1.54, 1.807) is 0 Å². The molecule has 0 heterocycles. The molecular weight excluding hydrogens is 477 g/mol. The number of carbonyl (C=O) groups excluding carboxylic acids is 1. The second-order valence-electron chi connectivity index (χ2n) is 10.7. The van der Waals surface area contributed by atoms with E-state index in [-0.39, 0.29) is 19.1 Å². The monoisotopic (exact) mass is 511 g/mol. The van der Waals surface area contributed by atoms with Crippen molar-refractivity contribution in [1.29, 1.82) is 0 Å². The Morgan fingerprint density at radius 1 is 0.946 bits per heavy atom. The smallest absolute Gasteiger partial charge is 0.449 e. The van der Waals surface area contributed by atoms with E-state index < -0.39 is 21.3 Å². The molecule has 3 aromatic rings. The molecule has 1 aliphatic rings.